The van der Waals surface area contributed by atoms with Gasteiger partial charge >= 0.3 is 0 Å². The maximum Gasteiger partial charge on any atom is 0.118 e. The van der Waals surface area contributed by atoms with Crippen LogP contribution in [0.2, 0.25) is 0 Å². The topological polar surface area (TPSA) is 38.5 Å². The van der Waals surface area contributed by atoms with Crippen molar-refractivity contribution in [1.29, 1.82) is 0 Å². The smallest absolute Gasteiger partial charge is 0.118 e. The monoisotopic (exact) mass is 262 g/mol. The summed E-state index contributed by atoms with van der Waals surface area (Å²) in [5.41, 5.74) is 7.54. The van der Waals surface area contributed by atoms with Gasteiger partial charge in [0.2, 0.25) is 0 Å². The molecule has 0 aromatic heterocycles. The summed E-state index contributed by atoms with van der Waals surface area (Å²) >= 11 is 0. The van der Waals surface area contributed by atoms with E-state index in [9.17, 15) is 0 Å². The maximum atomic E-state index is 6.04. The predicted molar refractivity (Wildman–Crippen MR) is 79.5 cm³/mol. The van der Waals surface area contributed by atoms with E-state index in [0.717, 1.165) is 25.3 Å². The van der Waals surface area contributed by atoms with E-state index < -0.39 is 0 Å². The lowest BCUT2D eigenvalue weighted by molar-refractivity contribution is 0.196. The lowest BCUT2D eigenvalue weighted by atomic mass is 9.83. The Morgan fingerprint density at radius 3 is 2.37 bits per heavy atom. The molecule has 3 heteroatoms. The Hall–Kier alpha value is -1.06. The lowest BCUT2D eigenvalue weighted by Gasteiger charge is -2.33. The molecule has 0 saturated carbocycles. The standard InChI is InChI=1S/C16H26N2O/c1-16(12-17,13-18-9-3-4-10-18)11-14-5-7-15(19-2)8-6-14/h5-8H,3-4,9-13,17H2,1-2H3. The van der Waals surface area contributed by atoms with Crippen LogP contribution in [0.25, 0.3) is 0 Å². The number of nitrogens with two attached hydrogens (primary N) is 1. The second-order valence-corrected chi connectivity index (χ2v) is 6.02. The van der Waals surface area contributed by atoms with Gasteiger partial charge in [0.15, 0.2) is 0 Å². The molecule has 0 spiro atoms. The van der Waals surface area contributed by atoms with Gasteiger partial charge in [0.25, 0.3) is 0 Å². The van der Waals surface area contributed by atoms with Crippen LogP contribution < -0.4 is 10.5 Å². The number of benzene rings is 1. The zero-order chi connectivity index (χ0) is 13.7. The highest BCUT2D eigenvalue weighted by Crippen LogP contribution is 2.25. The van der Waals surface area contributed by atoms with Gasteiger partial charge in [-0.3, -0.25) is 0 Å². The summed E-state index contributed by atoms with van der Waals surface area (Å²) in [4.78, 5) is 2.55. The molecule has 2 rings (SSSR count). The third kappa shape index (κ3) is 3.95. The number of hydrogen-bond donors (Lipinski definition) is 1. The van der Waals surface area contributed by atoms with Gasteiger partial charge in [-0.15, -0.1) is 0 Å². The molecule has 0 radical (unpaired) electrons. The van der Waals surface area contributed by atoms with Crippen LogP contribution >= 0.6 is 0 Å². The van der Waals surface area contributed by atoms with Crippen LogP contribution in [0.1, 0.15) is 25.3 Å². The number of nitrogens with zero attached hydrogens (tertiary/aromatic N) is 1. The Bertz CT molecular complexity index is 384. The van der Waals surface area contributed by atoms with Gasteiger partial charge in [-0.2, -0.15) is 0 Å². The van der Waals surface area contributed by atoms with Crippen molar-refractivity contribution in [2.45, 2.75) is 26.2 Å². The van der Waals surface area contributed by atoms with Gasteiger partial charge in [-0.05, 0) is 62.0 Å². The van der Waals surface area contributed by atoms with Gasteiger partial charge < -0.3 is 15.4 Å². The summed E-state index contributed by atoms with van der Waals surface area (Å²) in [6.07, 6.45) is 3.70. The van der Waals surface area contributed by atoms with Crippen molar-refractivity contribution < 1.29 is 4.74 Å². The van der Waals surface area contributed by atoms with Crippen LogP contribution in [0.3, 0.4) is 0 Å². The van der Waals surface area contributed by atoms with Crippen LogP contribution in [-0.2, 0) is 6.42 Å². The van der Waals surface area contributed by atoms with Crippen LogP contribution in [0.4, 0.5) is 0 Å². The molecule has 1 aromatic carbocycles. The molecule has 1 atom stereocenters. The molecule has 1 heterocycles. The Morgan fingerprint density at radius 2 is 1.84 bits per heavy atom. The summed E-state index contributed by atoms with van der Waals surface area (Å²) in [6, 6.07) is 8.36. The summed E-state index contributed by atoms with van der Waals surface area (Å²) in [7, 11) is 1.70. The molecule has 1 aliphatic heterocycles. The molecular formula is C16H26N2O. The fourth-order valence-corrected chi connectivity index (χ4v) is 2.91. The zero-order valence-corrected chi connectivity index (χ0v) is 12.2. The Morgan fingerprint density at radius 1 is 1.21 bits per heavy atom. The van der Waals surface area contributed by atoms with Crippen molar-refractivity contribution >= 4 is 0 Å². The largest absolute Gasteiger partial charge is 0.497 e. The molecule has 0 aliphatic carbocycles. The molecule has 106 valence electrons. The summed E-state index contributed by atoms with van der Waals surface area (Å²) in [5, 5.41) is 0. The molecule has 1 unspecified atom stereocenters. The fraction of sp³-hybridized carbons (Fsp3) is 0.625. The summed E-state index contributed by atoms with van der Waals surface area (Å²) < 4.78 is 5.20. The molecule has 0 bridgehead atoms. The number of methoxy groups -OCH3 is 1. The number of hydrogen-bond acceptors (Lipinski definition) is 3. The van der Waals surface area contributed by atoms with Crippen LogP contribution in [0, 0.1) is 5.41 Å². The van der Waals surface area contributed by atoms with Gasteiger partial charge in [-0.1, -0.05) is 19.1 Å². The normalized spacial score (nSPS) is 19.3. The van der Waals surface area contributed by atoms with Gasteiger partial charge in [0.1, 0.15) is 5.75 Å². The molecule has 1 saturated heterocycles. The average Bonchev–Trinajstić information content (AvgIpc) is 2.92. The third-order valence-electron chi connectivity index (χ3n) is 4.09. The van der Waals surface area contributed by atoms with Crippen molar-refractivity contribution in [2.75, 3.05) is 33.3 Å². The van der Waals surface area contributed by atoms with E-state index in [0.29, 0.717) is 0 Å². The maximum absolute atomic E-state index is 6.04. The first-order chi connectivity index (χ1) is 9.15. The van der Waals surface area contributed by atoms with Crippen molar-refractivity contribution in [2.24, 2.45) is 11.1 Å². The summed E-state index contributed by atoms with van der Waals surface area (Å²) in [6.45, 7) is 6.61. The van der Waals surface area contributed by atoms with E-state index in [4.69, 9.17) is 10.5 Å². The highest BCUT2D eigenvalue weighted by Gasteiger charge is 2.27. The second-order valence-electron chi connectivity index (χ2n) is 6.02. The van der Waals surface area contributed by atoms with Gasteiger partial charge in [0, 0.05) is 6.54 Å². The minimum absolute atomic E-state index is 0.166. The van der Waals surface area contributed by atoms with Crippen LogP contribution in [0.5, 0.6) is 5.75 Å². The highest BCUT2D eigenvalue weighted by atomic mass is 16.5. The van der Waals surface area contributed by atoms with E-state index in [2.05, 4.69) is 24.0 Å². The fourth-order valence-electron chi connectivity index (χ4n) is 2.91. The number of rotatable bonds is 6. The summed E-state index contributed by atoms with van der Waals surface area (Å²) in [5.74, 6) is 0.915. The average molecular weight is 262 g/mol. The minimum atomic E-state index is 0.166. The highest BCUT2D eigenvalue weighted by molar-refractivity contribution is 5.27. The molecule has 1 aliphatic rings. The van der Waals surface area contributed by atoms with Gasteiger partial charge in [0.05, 0.1) is 7.11 Å². The molecule has 1 fully saturated rings. The Kier molecular flexibility index (Phi) is 4.83. The zero-order valence-electron chi connectivity index (χ0n) is 12.2. The Labute approximate surface area is 116 Å². The number of ether oxygens (including phenoxy) is 1. The first kappa shape index (κ1) is 14.4. The molecule has 0 amide bonds. The minimum Gasteiger partial charge on any atom is -0.497 e. The first-order valence-corrected chi connectivity index (χ1v) is 7.20. The molecule has 3 nitrogen and oxygen atoms in total. The van der Waals surface area contributed by atoms with Crippen molar-refractivity contribution in [3.05, 3.63) is 29.8 Å². The molecule has 19 heavy (non-hydrogen) atoms. The van der Waals surface area contributed by atoms with E-state index in [-0.39, 0.29) is 5.41 Å². The number of likely N-dealkylation sites (tertiary alicyclic amines) is 1. The van der Waals surface area contributed by atoms with Crippen molar-refractivity contribution in [1.82, 2.24) is 4.90 Å². The SMILES string of the molecule is COc1ccc(CC(C)(CN)CN2CCCC2)cc1. The van der Waals surface area contributed by atoms with E-state index in [1.807, 2.05) is 12.1 Å². The van der Waals surface area contributed by atoms with Crippen LogP contribution in [0.15, 0.2) is 24.3 Å². The van der Waals surface area contributed by atoms with E-state index >= 15 is 0 Å². The van der Waals surface area contributed by atoms with E-state index in [1.165, 1.54) is 31.5 Å². The van der Waals surface area contributed by atoms with E-state index in [1.54, 1.807) is 7.11 Å². The van der Waals surface area contributed by atoms with Crippen LogP contribution in [-0.4, -0.2) is 38.2 Å². The lowest BCUT2D eigenvalue weighted by Crippen LogP contribution is -2.41. The predicted octanol–water partition coefficient (Wildman–Crippen LogP) is 2.30. The molecular weight excluding hydrogens is 236 g/mol. The van der Waals surface area contributed by atoms with Crippen molar-refractivity contribution in [3.63, 3.8) is 0 Å². The van der Waals surface area contributed by atoms with Gasteiger partial charge in [-0.25, -0.2) is 0 Å². The Balaban J connectivity index is 1.99. The third-order valence-corrected chi connectivity index (χ3v) is 4.09. The van der Waals surface area contributed by atoms with Crippen molar-refractivity contribution in [3.8, 4) is 5.75 Å². The molecule has 1 aromatic rings. The molecule has 2 N–H and O–H groups in total. The second kappa shape index (κ2) is 6.40. The quantitative estimate of drug-likeness (QED) is 0.855. The first-order valence-electron chi connectivity index (χ1n) is 7.20.